The van der Waals surface area contributed by atoms with E-state index < -0.39 is 42.1 Å². The molecular formula is C18H29N3O6. The van der Waals surface area contributed by atoms with E-state index in [0.717, 1.165) is 6.42 Å². The van der Waals surface area contributed by atoms with Crippen molar-refractivity contribution < 1.29 is 29.0 Å². The van der Waals surface area contributed by atoms with E-state index >= 15 is 0 Å². The number of amides is 3. The molecule has 0 spiro atoms. The Morgan fingerprint density at radius 1 is 1.19 bits per heavy atom. The number of carboxylic acids is 1. The van der Waals surface area contributed by atoms with Crippen molar-refractivity contribution in [2.45, 2.75) is 70.7 Å². The van der Waals surface area contributed by atoms with Gasteiger partial charge in [0.25, 0.3) is 11.8 Å². The van der Waals surface area contributed by atoms with Crippen LogP contribution in [0, 0.1) is 5.92 Å². The molecule has 0 aliphatic carbocycles. The highest BCUT2D eigenvalue weighted by atomic mass is 16.6. The number of likely N-dealkylation sites (tertiary alicyclic amines) is 1. The molecule has 4 atom stereocenters. The van der Waals surface area contributed by atoms with Crippen LogP contribution < -0.4 is 10.6 Å². The van der Waals surface area contributed by atoms with E-state index in [0.29, 0.717) is 32.4 Å². The zero-order valence-corrected chi connectivity index (χ0v) is 16.1. The summed E-state index contributed by atoms with van der Waals surface area (Å²) in [6.07, 6.45) is 0.460. The van der Waals surface area contributed by atoms with Gasteiger partial charge in [-0.15, -0.1) is 0 Å². The molecule has 3 amide bonds. The van der Waals surface area contributed by atoms with Crippen LogP contribution in [0.2, 0.25) is 0 Å². The minimum absolute atomic E-state index is 0.119. The van der Waals surface area contributed by atoms with E-state index in [1.165, 1.54) is 4.90 Å². The second-order valence-corrected chi connectivity index (χ2v) is 7.49. The highest BCUT2D eigenvalue weighted by molar-refractivity contribution is 5.97. The standard InChI is InChI=1S/C18H29N3O6/c1-4-7-19-15(22)13-14(27-13)16(23)20-11(9-10(2)3)17(24)21-8-5-6-12(21)18(25)26/h10-14H,4-9H2,1-3H3,(H,19,22)(H,20,23)(H,25,26)/t11-,12-,13+,14+/m0/s1. The molecule has 3 N–H and O–H groups in total. The van der Waals surface area contributed by atoms with Crippen LogP contribution in [-0.2, 0) is 23.9 Å². The average Bonchev–Trinajstić information content (AvgIpc) is 3.26. The quantitative estimate of drug-likeness (QED) is 0.477. The lowest BCUT2D eigenvalue weighted by Crippen LogP contribution is -2.53. The Labute approximate surface area is 158 Å². The second-order valence-electron chi connectivity index (χ2n) is 7.49. The Balaban J connectivity index is 1.98. The fourth-order valence-electron chi connectivity index (χ4n) is 3.29. The molecule has 0 bridgehead atoms. The monoisotopic (exact) mass is 383 g/mol. The molecule has 9 heteroatoms. The fraction of sp³-hybridized carbons (Fsp3) is 0.778. The third-order valence-corrected chi connectivity index (χ3v) is 4.70. The van der Waals surface area contributed by atoms with Crippen LogP contribution in [0.3, 0.4) is 0 Å². The molecular weight excluding hydrogens is 354 g/mol. The van der Waals surface area contributed by atoms with Crippen molar-refractivity contribution in [1.82, 2.24) is 15.5 Å². The van der Waals surface area contributed by atoms with E-state index in [1.54, 1.807) is 0 Å². The van der Waals surface area contributed by atoms with Gasteiger partial charge in [-0.05, 0) is 31.6 Å². The van der Waals surface area contributed by atoms with Gasteiger partial charge in [0.1, 0.15) is 12.1 Å². The number of ether oxygens (including phenoxy) is 1. The summed E-state index contributed by atoms with van der Waals surface area (Å²) in [5.74, 6) is -2.16. The highest BCUT2D eigenvalue weighted by Gasteiger charge is 2.51. The summed E-state index contributed by atoms with van der Waals surface area (Å²) >= 11 is 0. The third-order valence-electron chi connectivity index (χ3n) is 4.70. The number of carbonyl (C=O) groups excluding carboxylic acids is 3. The van der Waals surface area contributed by atoms with E-state index in [2.05, 4.69) is 10.6 Å². The fourth-order valence-corrected chi connectivity index (χ4v) is 3.29. The molecule has 0 aromatic rings. The zero-order valence-electron chi connectivity index (χ0n) is 16.1. The van der Waals surface area contributed by atoms with Gasteiger partial charge in [0, 0.05) is 13.1 Å². The molecule has 2 aliphatic heterocycles. The van der Waals surface area contributed by atoms with E-state index in [-0.39, 0.29) is 11.8 Å². The van der Waals surface area contributed by atoms with Crippen molar-refractivity contribution in [3.8, 4) is 0 Å². The molecule has 2 rings (SSSR count). The lowest BCUT2D eigenvalue weighted by molar-refractivity contribution is -0.149. The summed E-state index contributed by atoms with van der Waals surface area (Å²) in [5, 5.41) is 14.6. The number of nitrogens with one attached hydrogen (secondary N) is 2. The van der Waals surface area contributed by atoms with E-state index in [4.69, 9.17) is 4.74 Å². The molecule has 2 saturated heterocycles. The number of aliphatic carboxylic acids is 1. The first-order valence-corrected chi connectivity index (χ1v) is 9.53. The summed E-state index contributed by atoms with van der Waals surface area (Å²) in [6.45, 7) is 6.62. The van der Waals surface area contributed by atoms with E-state index in [1.807, 2.05) is 20.8 Å². The molecule has 2 heterocycles. The Morgan fingerprint density at radius 3 is 2.44 bits per heavy atom. The van der Waals surface area contributed by atoms with Crippen LogP contribution in [0.5, 0.6) is 0 Å². The molecule has 0 saturated carbocycles. The maximum atomic E-state index is 12.9. The van der Waals surface area contributed by atoms with Gasteiger partial charge in [-0.2, -0.15) is 0 Å². The van der Waals surface area contributed by atoms with Gasteiger partial charge in [-0.1, -0.05) is 20.8 Å². The number of epoxide rings is 1. The number of rotatable bonds is 9. The SMILES string of the molecule is CCCNC(=O)[C@@H]1O[C@H]1C(=O)N[C@@H](CC(C)C)C(=O)N1CCC[C@H]1C(=O)O. The van der Waals surface area contributed by atoms with Crippen LogP contribution in [0.4, 0.5) is 0 Å². The van der Waals surface area contributed by atoms with Gasteiger partial charge >= 0.3 is 5.97 Å². The molecule has 9 nitrogen and oxygen atoms in total. The van der Waals surface area contributed by atoms with Gasteiger partial charge in [-0.3, -0.25) is 14.4 Å². The summed E-state index contributed by atoms with van der Waals surface area (Å²) in [5.41, 5.74) is 0. The van der Waals surface area contributed by atoms with Crippen molar-refractivity contribution in [1.29, 1.82) is 0 Å². The number of carbonyl (C=O) groups is 4. The predicted molar refractivity (Wildman–Crippen MR) is 95.7 cm³/mol. The first-order chi connectivity index (χ1) is 12.8. The summed E-state index contributed by atoms with van der Waals surface area (Å²) in [4.78, 5) is 49.8. The smallest absolute Gasteiger partial charge is 0.326 e. The maximum absolute atomic E-state index is 12.9. The maximum Gasteiger partial charge on any atom is 0.326 e. The van der Waals surface area contributed by atoms with Crippen LogP contribution in [0.15, 0.2) is 0 Å². The van der Waals surface area contributed by atoms with Crippen molar-refractivity contribution in [3.05, 3.63) is 0 Å². The molecule has 0 radical (unpaired) electrons. The predicted octanol–water partition coefficient (Wildman–Crippen LogP) is -0.113. The van der Waals surface area contributed by atoms with Crippen molar-refractivity contribution in [2.75, 3.05) is 13.1 Å². The van der Waals surface area contributed by atoms with Gasteiger partial charge in [0.05, 0.1) is 0 Å². The van der Waals surface area contributed by atoms with Crippen molar-refractivity contribution in [3.63, 3.8) is 0 Å². The highest BCUT2D eigenvalue weighted by Crippen LogP contribution is 2.24. The minimum atomic E-state index is -1.03. The topological polar surface area (TPSA) is 128 Å². The Hall–Kier alpha value is -2.16. The first-order valence-electron chi connectivity index (χ1n) is 9.53. The van der Waals surface area contributed by atoms with Crippen molar-refractivity contribution >= 4 is 23.7 Å². The summed E-state index contributed by atoms with van der Waals surface area (Å²) in [6, 6.07) is -1.69. The van der Waals surface area contributed by atoms with Gasteiger partial charge in [0.2, 0.25) is 5.91 Å². The van der Waals surface area contributed by atoms with Crippen LogP contribution in [-0.4, -0.2) is 71.1 Å². The number of hydrogen-bond donors (Lipinski definition) is 3. The summed E-state index contributed by atoms with van der Waals surface area (Å²) in [7, 11) is 0. The molecule has 2 aliphatic rings. The minimum Gasteiger partial charge on any atom is -0.480 e. The van der Waals surface area contributed by atoms with Gasteiger partial charge < -0.3 is 25.4 Å². The molecule has 0 aromatic carbocycles. The molecule has 2 fully saturated rings. The normalized spacial score (nSPS) is 25.2. The molecule has 0 aromatic heterocycles. The largest absolute Gasteiger partial charge is 0.480 e. The first kappa shape index (κ1) is 21.1. The second kappa shape index (κ2) is 9.16. The molecule has 152 valence electrons. The number of carboxylic acid groups (broad SMARTS) is 1. The number of nitrogens with zero attached hydrogens (tertiary/aromatic N) is 1. The lowest BCUT2D eigenvalue weighted by atomic mass is 10.0. The molecule has 0 unspecified atom stereocenters. The Bertz CT molecular complexity index is 594. The van der Waals surface area contributed by atoms with Crippen LogP contribution in [0.25, 0.3) is 0 Å². The van der Waals surface area contributed by atoms with Gasteiger partial charge in [0.15, 0.2) is 12.2 Å². The average molecular weight is 383 g/mol. The molecule has 27 heavy (non-hydrogen) atoms. The lowest BCUT2D eigenvalue weighted by Gasteiger charge is -2.28. The Kier molecular flexibility index (Phi) is 7.18. The van der Waals surface area contributed by atoms with Gasteiger partial charge in [-0.25, -0.2) is 4.79 Å². The summed E-state index contributed by atoms with van der Waals surface area (Å²) < 4.78 is 5.16. The van der Waals surface area contributed by atoms with E-state index in [9.17, 15) is 24.3 Å². The third kappa shape index (κ3) is 5.41. The van der Waals surface area contributed by atoms with Crippen molar-refractivity contribution in [2.24, 2.45) is 5.92 Å². The van der Waals surface area contributed by atoms with Crippen LogP contribution >= 0.6 is 0 Å². The Morgan fingerprint density at radius 2 is 1.85 bits per heavy atom. The number of hydrogen-bond acceptors (Lipinski definition) is 5. The van der Waals surface area contributed by atoms with Crippen LogP contribution in [0.1, 0.15) is 46.5 Å². The zero-order chi connectivity index (χ0) is 20.1.